The van der Waals surface area contributed by atoms with E-state index in [4.69, 9.17) is 4.42 Å². The van der Waals surface area contributed by atoms with E-state index in [1.54, 1.807) is 19.2 Å². The van der Waals surface area contributed by atoms with Gasteiger partial charge in [-0.05, 0) is 62.8 Å². The summed E-state index contributed by atoms with van der Waals surface area (Å²) in [6.07, 6.45) is -0.124. The monoisotopic (exact) mass is 471 g/mol. The molecule has 0 aromatic carbocycles. The Labute approximate surface area is 194 Å². The minimum Gasteiger partial charge on any atom is -0.441 e. The standard InChI is InChI=1S/C24H24F3N5O2/c1-13-3-5-19(22-30-9-14(2)34-22)21(31-13)23(33)32-12-16-7-15(16)8-18(32)11-29-20-6-4-17(10-28-20)24(25,26)27/h3-6,9-10,15-16,18H,7-8,11-12H2,1-2H3,(H,28,29)/t15-,16+,18?/m1/s1. The van der Waals surface area contributed by atoms with Crippen LogP contribution in [-0.4, -0.2) is 44.9 Å². The molecule has 1 aliphatic carbocycles. The number of alkyl halides is 3. The van der Waals surface area contributed by atoms with Gasteiger partial charge in [0.15, 0.2) is 0 Å². The van der Waals surface area contributed by atoms with Crippen LogP contribution in [0.4, 0.5) is 19.0 Å². The number of nitrogens with one attached hydrogen (secondary N) is 1. The van der Waals surface area contributed by atoms with Crippen LogP contribution in [0.25, 0.3) is 11.5 Å². The molecular weight excluding hydrogens is 447 g/mol. The Morgan fingerprint density at radius 1 is 1.12 bits per heavy atom. The van der Waals surface area contributed by atoms with E-state index in [0.29, 0.717) is 59.3 Å². The Bertz CT molecular complexity index is 1210. The highest BCUT2D eigenvalue weighted by atomic mass is 19.4. The summed E-state index contributed by atoms with van der Waals surface area (Å²) in [6, 6.07) is 5.78. The molecule has 5 rings (SSSR count). The van der Waals surface area contributed by atoms with Crippen molar-refractivity contribution in [2.75, 3.05) is 18.4 Å². The van der Waals surface area contributed by atoms with Gasteiger partial charge in [0, 0.05) is 31.0 Å². The van der Waals surface area contributed by atoms with E-state index in [1.807, 2.05) is 17.9 Å². The lowest BCUT2D eigenvalue weighted by Crippen LogP contribution is -2.48. The van der Waals surface area contributed by atoms with Crippen LogP contribution in [0, 0.1) is 25.7 Å². The maximum atomic E-state index is 13.7. The van der Waals surface area contributed by atoms with Crippen LogP contribution < -0.4 is 5.32 Å². The zero-order valence-corrected chi connectivity index (χ0v) is 18.8. The number of amides is 1. The first-order chi connectivity index (χ1) is 16.2. The van der Waals surface area contributed by atoms with E-state index in [0.717, 1.165) is 25.1 Å². The Morgan fingerprint density at radius 2 is 1.94 bits per heavy atom. The average Bonchev–Trinajstić information content (AvgIpc) is 3.44. The number of hydrogen-bond acceptors (Lipinski definition) is 6. The second-order valence-corrected chi connectivity index (χ2v) is 9.04. The van der Waals surface area contributed by atoms with Crippen LogP contribution in [0.3, 0.4) is 0 Å². The molecule has 1 saturated carbocycles. The van der Waals surface area contributed by atoms with E-state index in [-0.39, 0.29) is 11.9 Å². The van der Waals surface area contributed by atoms with Crippen molar-refractivity contribution in [2.24, 2.45) is 11.8 Å². The normalized spacial score (nSPS) is 21.8. The molecule has 3 aromatic heterocycles. The Balaban J connectivity index is 1.37. The first kappa shape index (κ1) is 22.4. The first-order valence-corrected chi connectivity index (χ1v) is 11.2. The lowest BCUT2D eigenvalue weighted by molar-refractivity contribution is -0.137. The molecule has 34 heavy (non-hydrogen) atoms. The first-order valence-electron chi connectivity index (χ1n) is 11.2. The van der Waals surface area contributed by atoms with Gasteiger partial charge in [-0.25, -0.2) is 15.0 Å². The van der Waals surface area contributed by atoms with Crippen molar-refractivity contribution in [3.8, 4) is 11.5 Å². The number of aryl methyl sites for hydroxylation is 2. The van der Waals surface area contributed by atoms with Gasteiger partial charge in [-0.2, -0.15) is 13.2 Å². The molecule has 2 aliphatic rings. The average molecular weight is 471 g/mol. The summed E-state index contributed by atoms with van der Waals surface area (Å²) < 4.78 is 44.1. The fraction of sp³-hybridized carbons (Fsp3) is 0.417. The molecule has 0 spiro atoms. The smallest absolute Gasteiger partial charge is 0.417 e. The van der Waals surface area contributed by atoms with Crippen LogP contribution in [-0.2, 0) is 6.18 Å². The van der Waals surface area contributed by atoms with Gasteiger partial charge >= 0.3 is 6.18 Å². The van der Waals surface area contributed by atoms with Crippen molar-refractivity contribution < 1.29 is 22.4 Å². The zero-order chi connectivity index (χ0) is 24.0. The maximum absolute atomic E-state index is 13.7. The van der Waals surface area contributed by atoms with Crippen LogP contribution in [0.15, 0.2) is 41.1 Å². The van der Waals surface area contributed by atoms with E-state index in [9.17, 15) is 18.0 Å². The summed E-state index contributed by atoms with van der Waals surface area (Å²) in [5.74, 6) is 2.16. The van der Waals surface area contributed by atoms with Crippen molar-refractivity contribution in [3.05, 3.63) is 59.4 Å². The number of nitrogens with zero attached hydrogens (tertiary/aromatic N) is 4. The predicted octanol–water partition coefficient (Wildman–Crippen LogP) is 4.73. The third-order valence-electron chi connectivity index (χ3n) is 6.48. The van der Waals surface area contributed by atoms with Crippen molar-refractivity contribution >= 4 is 11.7 Å². The van der Waals surface area contributed by atoms with Crippen LogP contribution in [0.1, 0.15) is 40.3 Å². The molecule has 1 N–H and O–H groups in total. The van der Waals surface area contributed by atoms with E-state index in [2.05, 4.69) is 20.3 Å². The van der Waals surface area contributed by atoms with Gasteiger partial charge in [0.2, 0.25) is 5.89 Å². The molecule has 1 unspecified atom stereocenters. The fourth-order valence-corrected chi connectivity index (χ4v) is 4.54. The summed E-state index contributed by atoms with van der Waals surface area (Å²) in [6.45, 7) is 4.61. The molecule has 0 radical (unpaired) electrons. The molecule has 1 saturated heterocycles. The number of carbonyl (C=O) groups is 1. The molecule has 0 bridgehead atoms. The highest BCUT2D eigenvalue weighted by Gasteiger charge is 2.47. The molecule has 1 aliphatic heterocycles. The lowest BCUT2D eigenvalue weighted by Gasteiger charge is -2.35. The molecule has 10 heteroatoms. The molecule has 3 aromatic rings. The number of carbonyl (C=O) groups excluding carboxylic acids is 1. The quantitative estimate of drug-likeness (QED) is 0.579. The fourth-order valence-electron chi connectivity index (χ4n) is 4.54. The van der Waals surface area contributed by atoms with Gasteiger partial charge in [-0.3, -0.25) is 4.79 Å². The highest BCUT2D eigenvalue weighted by Crippen LogP contribution is 2.47. The third kappa shape index (κ3) is 4.49. The maximum Gasteiger partial charge on any atom is 0.417 e. The Morgan fingerprint density at radius 3 is 2.62 bits per heavy atom. The summed E-state index contributed by atoms with van der Waals surface area (Å²) >= 11 is 0. The summed E-state index contributed by atoms with van der Waals surface area (Å²) in [5.41, 5.74) is 0.741. The van der Waals surface area contributed by atoms with Crippen LogP contribution in [0.2, 0.25) is 0 Å². The molecule has 2 fully saturated rings. The number of rotatable bonds is 5. The van der Waals surface area contributed by atoms with Gasteiger partial charge in [0.25, 0.3) is 5.91 Å². The van der Waals surface area contributed by atoms with Crippen molar-refractivity contribution in [2.45, 2.75) is 38.9 Å². The molecule has 7 nitrogen and oxygen atoms in total. The zero-order valence-electron chi connectivity index (χ0n) is 18.8. The summed E-state index contributed by atoms with van der Waals surface area (Å²) in [5, 5.41) is 3.11. The van der Waals surface area contributed by atoms with Gasteiger partial charge in [-0.15, -0.1) is 0 Å². The molecule has 1 amide bonds. The highest BCUT2D eigenvalue weighted by molar-refractivity contribution is 5.98. The number of anilines is 1. The van der Waals surface area contributed by atoms with Gasteiger partial charge in [0.05, 0.1) is 17.3 Å². The Kier molecular flexibility index (Phi) is 5.53. The van der Waals surface area contributed by atoms with Gasteiger partial charge < -0.3 is 14.6 Å². The summed E-state index contributed by atoms with van der Waals surface area (Å²) in [7, 11) is 0. The van der Waals surface area contributed by atoms with E-state index >= 15 is 0 Å². The minimum absolute atomic E-state index is 0.137. The second-order valence-electron chi connectivity index (χ2n) is 9.04. The van der Waals surface area contributed by atoms with E-state index in [1.165, 1.54) is 6.07 Å². The van der Waals surface area contributed by atoms with Crippen LogP contribution in [0.5, 0.6) is 0 Å². The van der Waals surface area contributed by atoms with Crippen LogP contribution >= 0.6 is 0 Å². The molecule has 3 atom stereocenters. The molecule has 4 heterocycles. The SMILES string of the molecule is Cc1ccc(-c2ncc(C)o2)c(C(=O)N2C[C@@H]3C[C@@H]3CC2CNc2ccc(C(F)(F)F)cn2)n1. The minimum atomic E-state index is -4.43. The van der Waals surface area contributed by atoms with Crippen molar-refractivity contribution in [1.29, 1.82) is 0 Å². The number of halogens is 3. The van der Waals surface area contributed by atoms with E-state index < -0.39 is 11.7 Å². The number of hydrogen-bond donors (Lipinski definition) is 1. The Hall–Kier alpha value is -3.43. The number of pyridine rings is 2. The largest absolute Gasteiger partial charge is 0.441 e. The lowest BCUT2D eigenvalue weighted by atomic mass is 10.0. The number of aromatic nitrogens is 3. The number of piperidine rings is 1. The van der Waals surface area contributed by atoms with Crippen molar-refractivity contribution in [1.82, 2.24) is 19.9 Å². The second kappa shape index (κ2) is 8.41. The molecular formula is C24H24F3N5O2. The predicted molar refractivity (Wildman–Crippen MR) is 118 cm³/mol. The molecule has 178 valence electrons. The number of fused-ring (bicyclic) bond motifs is 1. The number of likely N-dealkylation sites (tertiary alicyclic amines) is 1. The number of oxazole rings is 1. The third-order valence-corrected chi connectivity index (χ3v) is 6.48. The van der Waals surface area contributed by atoms with Gasteiger partial charge in [-0.1, -0.05) is 0 Å². The van der Waals surface area contributed by atoms with Crippen molar-refractivity contribution in [3.63, 3.8) is 0 Å². The topological polar surface area (TPSA) is 84.2 Å². The van der Waals surface area contributed by atoms with Gasteiger partial charge in [0.1, 0.15) is 17.3 Å². The summed E-state index contributed by atoms with van der Waals surface area (Å²) in [4.78, 5) is 28.2.